The number of carboxylic acid groups (broad SMARTS) is 1. The lowest BCUT2D eigenvalue weighted by atomic mass is 10.1. The van der Waals surface area contributed by atoms with E-state index in [0.29, 0.717) is 0 Å². The van der Waals surface area contributed by atoms with Gasteiger partial charge in [-0.15, -0.1) is 0 Å². The molecule has 0 heterocycles. The first-order chi connectivity index (χ1) is 13.4. The maximum absolute atomic E-state index is 10.2. The van der Waals surface area contributed by atoms with E-state index in [1.807, 2.05) is 6.08 Å². The zero-order valence-electron chi connectivity index (χ0n) is 18.4. The summed E-state index contributed by atoms with van der Waals surface area (Å²) in [6.07, 6.45) is 26.7. The second-order valence-electron chi connectivity index (χ2n) is 7.35. The van der Waals surface area contributed by atoms with Gasteiger partial charge < -0.3 is 10.8 Å². The molecular weight excluding hydrogens is 350 g/mol. The number of carboxylic acids is 1. The second-order valence-corrected chi connectivity index (χ2v) is 7.35. The molecule has 0 fully saturated rings. The molecule has 0 bridgehead atoms. The molecule has 0 aliphatic rings. The summed E-state index contributed by atoms with van der Waals surface area (Å²) < 4.78 is 0. The van der Waals surface area contributed by atoms with E-state index in [-0.39, 0.29) is 11.8 Å². The SMILES string of the molecule is CC(C)C(N)=O.CCCCCCCCCCCC=CCCC=CC=CC(=O)O. The van der Waals surface area contributed by atoms with Crippen LogP contribution in [0.3, 0.4) is 0 Å². The molecule has 0 aliphatic heterocycles. The molecule has 0 spiro atoms. The van der Waals surface area contributed by atoms with Crippen molar-refractivity contribution in [1.29, 1.82) is 0 Å². The van der Waals surface area contributed by atoms with E-state index < -0.39 is 5.97 Å². The molecule has 0 rings (SSSR count). The molecule has 0 atom stereocenters. The van der Waals surface area contributed by atoms with Crippen LogP contribution in [0.2, 0.25) is 0 Å². The standard InChI is InChI=1S/C20H34O2.C4H9NO/c1-2-3-4-5-6-7-8-9-10-11-12-13-14-15-16-17-18-19-20(21)22;1-3(2)4(5)6/h12-13,16-19H,2-11,14-15H2,1H3,(H,21,22);3H,1-2H3,(H2,5,6). The maximum Gasteiger partial charge on any atom is 0.328 e. The number of carbonyl (C=O) groups is 2. The Morgan fingerprint density at radius 2 is 1.25 bits per heavy atom. The first-order valence-corrected chi connectivity index (χ1v) is 10.9. The van der Waals surface area contributed by atoms with Crippen LogP contribution in [0.5, 0.6) is 0 Å². The number of hydrogen-bond donors (Lipinski definition) is 2. The second kappa shape index (κ2) is 23.2. The van der Waals surface area contributed by atoms with Crippen LogP contribution in [0.25, 0.3) is 0 Å². The summed E-state index contributed by atoms with van der Waals surface area (Å²) in [5.41, 5.74) is 4.80. The van der Waals surface area contributed by atoms with Gasteiger partial charge >= 0.3 is 5.97 Å². The topological polar surface area (TPSA) is 80.4 Å². The Balaban J connectivity index is 0. The van der Waals surface area contributed by atoms with Crippen LogP contribution >= 0.6 is 0 Å². The van der Waals surface area contributed by atoms with E-state index in [1.165, 1.54) is 64.2 Å². The molecule has 0 aromatic rings. The van der Waals surface area contributed by atoms with Crippen LogP contribution in [0.1, 0.15) is 97.8 Å². The normalized spacial score (nSPS) is 11.4. The Bertz CT molecular complexity index is 451. The highest BCUT2D eigenvalue weighted by molar-refractivity contribution is 5.80. The summed E-state index contributed by atoms with van der Waals surface area (Å²) in [6.45, 7) is 5.80. The molecule has 0 saturated carbocycles. The third-order valence-corrected chi connectivity index (χ3v) is 4.20. The smallest absolute Gasteiger partial charge is 0.328 e. The molecule has 0 saturated heterocycles. The van der Waals surface area contributed by atoms with Gasteiger partial charge in [-0.05, 0) is 25.7 Å². The number of rotatable bonds is 16. The van der Waals surface area contributed by atoms with Gasteiger partial charge in [-0.2, -0.15) is 0 Å². The van der Waals surface area contributed by atoms with Gasteiger partial charge in [0.1, 0.15) is 0 Å². The van der Waals surface area contributed by atoms with Crippen molar-refractivity contribution in [2.75, 3.05) is 0 Å². The van der Waals surface area contributed by atoms with Crippen molar-refractivity contribution in [3.8, 4) is 0 Å². The molecule has 4 heteroatoms. The highest BCUT2D eigenvalue weighted by Gasteiger charge is 1.96. The predicted octanol–water partition coefficient (Wildman–Crippen LogP) is 6.57. The third kappa shape index (κ3) is 28.9. The first kappa shape index (κ1) is 28.4. The van der Waals surface area contributed by atoms with Crippen LogP contribution in [-0.4, -0.2) is 17.0 Å². The molecule has 1 amide bonds. The average Bonchev–Trinajstić information content (AvgIpc) is 2.64. The monoisotopic (exact) mass is 393 g/mol. The Morgan fingerprint density at radius 1 is 0.786 bits per heavy atom. The zero-order valence-corrected chi connectivity index (χ0v) is 18.4. The Kier molecular flexibility index (Phi) is 23.5. The van der Waals surface area contributed by atoms with E-state index in [1.54, 1.807) is 26.0 Å². The number of aliphatic carboxylic acids is 1. The summed E-state index contributed by atoms with van der Waals surface area (Å²) in [4.78, 5) is 20.1. The summed E-state index contributed by atoms with van der Waals surface area (Å²) in [5.74, 6) is -1.15. The van der Waals surface area contributed by atoms with Gasteiger partial charge in [-0.25, -0.2) is 4.79 Å². The predicted molar refractivity (Wildman–Crippen MR) is 120 cm³/mol. The van der Waals surface area contributed by atoms with Crippen molar-refractivity contribution >= 4 is 11.9 Å². The van der Waals surface area contributed by atoms with E-state index in [4.69, 9.17) is 10.8 Å². The third-order valence-electron chi connectivity index (χ3n) is 4.20. The maximum atomic E-state index is 10.2. The largest absolute Gasteiger partial charge is 0.478 e. The van der Waals surface area contributed by atoms with Crippen LogP contribution in [0.15, 0.2) is 36.5 Å². The quantitative estimate of drug-likeness (QED) is 0.135. The summed E-state index contributed by atoms with van der Waals surface area (Å²) in [5, 5.41) is 8.41. The average molecular weight is 394 g/mol. The Morgan fingerprint density at radius 3 is 1.75 bits per heavy atom. The van der Waals surface area contributed by atoms with E-state index >= 15 is 0 Å². The fourth-order valence-electron chi connectivity index (χ4n) is 2.31. The molecule has 4 nitrogen and oxygen atoms in total. The van der Waals surface area contributed by atoms with E-state index in [0.717, 1.165) is 18.9 Å². The van der Waals surface area contributed by atoms with Crippen LogP contribution < -0.4 is 5.73 Å². The zero-order chi connectivity index (χ0) is 21.5. The lowest BCUT2D eigenvalue weighted by Gasteiger charge is -2.00. The summed E-state index contributed by atoms with van der Waals surface area (Å²) in [7, 11) is 0. The molecule has 0 unspecified atom stereocenters. The number of amides is 1. The van der Waals surface area contributed by atoms with Crippen LogP contribution in [0.4, 0.5) is 0 Å². The number of allylic oxidation sites excluding steroid dienone is 5. The molecular formula is C24H43NO3. The molecule has 28 heavy (non-hydrogen) atoms. The lowest BCUT2D eigenvalue weighted by molar-refractivity contribution is -0.131. The number of unbranched alkanes of at least 4 members (excludes halogenated alkanes) is 10. The fraction of sp³-hybridized carbons (Fsp3) is 0.667. The van der Waals surface area contributed by atoms with Gasteiger partial charge in [0.05, 0.1) is 0 Å². The first-order valence-electron chi connectivity index (χ1n) is 10.9. The van der Waals surface area contributed by atoms with Gasteiger partial charge in [0.25, 0.3) is 0 Å². The molecule has 0 aromatic heterocycles. The highest BCUT2D eigenvalue weighted by atomic mass is 16.4. The molecule has 3 N–H and O–H groups in total. The van der Waals surface area contributed by atoms with Crippen LogP contribution in [-0.2, 0) is 9.59 Å². The Hall–Kier alpha value is -1.84. The van der Waals surface area contributed by atoms with Crippen molar-refractivity contribution in [3.05, 3.63) is 36.5 Å². The van der Waals surface area contributed by atoms with Gasteiger partial charge in [0.15, 0.2) is 0 Å². The van der Waals surface area contributed by atoms with Gasteiger partial charge in [-0.3, -0.25) is 4.79 Å². The van der Waals surface area contributed by atoms with Crippen molar-refractivity contribution in [1.82, 2.24) is 0 Å². The van der Waals surface area contributed by atoms with Crippen molar-refractivity contribution < 1.29 is 14.7 Å². The van der Waals surface area contributed by atoms with Crippen molar-refractivity contribution in [2.45, 2.75) is 97.8 Å². The molecule has 0 radical (unpaired) electrons. The number of nitrogens with two attached hydrogens (primary N) is 1. The van der Waals surface area contributed by atoms with E-state index in [9.17, 15) is 9.59 Å². The van der Waals surface area contributed by atoms with Gasteiger partial charge in [0.2, 0.25) is 5.91 Å². The van der Waals surface area contributed by atoms with Gasteiger partial charge in [-0.1, -0.05) is 103 Å². The molecule has 0 aliphatic carbocycles. The highest BCUT2D eigenvalue weighted by Crippen LogP contribution is 2.10. The minimum absolute atomic E-state index is 0.00926. The fourth-order valence-corrected chi connectivity index (χ4v) is 2.31. The number of hydrogen-bond acceptors (Lipinski definition) is 2. The van der Waals surface area contributed by atoms with Crippen molar-refractivity contribution in [3.63, 3.8) is 0 Å². The number of primary amides is 1. The molecule has 162 valence electrons. The van der Waals surface area contributed by atoms with Crippen LogP contribution in [0, 0.1) is 5.92 Å². The Labute approximate surface area is 173 Å². The van der Waals surface area contributed by atoms with E-state index in [2.05, 4.69) is 19.1 Å². The minimum Gasteiger partial charge on any atom is -0.478 e. The summed E-state index contributed by atoms with van der Waals surface area (Å²) in [6, 6.07) is 0. The van der Waals surface area contributed by atoms with Crippen molar-refractivity contribution in [2.24, 2.45) is 11.7 Å². The molecule has 0 aromatic carbocycles. The summed E-state index contributed by atoms with van der Waals surface area (Å²) >= 11 is 0. The van der Waals surface area contributed by atoms with Gasteiger partial charge in [0, 0.05) is 12.0 Å². The minimum atomic E-state index is -0.898. The number of carbonyl (C=O) groups excluding carboxylic acids is 1. The lowest BCUT2D eigenvalue weighted by Crippen LogP contribution is -2.17.